The molecule has 0 aliphatic carbocycles. The van der Waals surface area contributed by atoms with Crippen LogP contribution < -0.4 is 10.2 Å². The maximum absolute atomic E-state index is 12.0. The fourth-order valence-electron chi connectivity index (χ4n) is 3.22. The Labute approximate surface area is 193 Å². The van der Waals surface area contributed by atoms with Gasteiger partial charge in [-0.3, -0.25) is 9.78 Å². The zero-order chi connectivity index (χ0) is 24.9. The lowest BCUT2D eigenvalue weighted by atomic mass is 10.1. The van der Waals surface area contributed by atoms with Crippen molar-refractivity contribution in [2.45, 2.75) is 12.6 Å². The summed E-state index contributed by atoms with van der Waals surface area (Å²) in [5, 5.41) is 10.0. The normalized spacial score (nSPS) is 13.0. The molecule has 3 N–H and O–H groups in total. The highest BCUT2D eigenvalue weighted by Gasteiger charge is 2.38. The summed E-state index contributed by atoms with van der Waals surface area (Å²) in [6, 6.07) is 14.3. The average molecular weight is 472 g/mol. The van der Waals surface area contributed by atoms with E-state index in [9.17, 15) is 18.0 Å². The zero-order valence-corrected chi connectivity index (χ0v) is 18.5. The zero-order valence-electron chi connectivity index (χ0n) is 18.5. The van der Waals surface area contributed by atoms with E-state index in [0.29, 0.717) is 6.54 Å². The van der Waals surface area contributed by atoms with Gasteiger partial charge in [-0.05, 0) is 42.0 Å². The van der Waals surface area contributed by atoms with E-state index >= 15 is 0 Å². The molecule has 0 radical (unpaired) electrons. The van der Waals surface area contributed by atoms with Crippen molar-refractivity contribution in [3.8, 4) is 11.3 Å². The van der Waals surface area contributed by atoms with Gasteiger partial charge in [0.25, 0.3) is 5.91 Å². The number of aliphatic carboxylic acids is 1. The topological polar surface area (TPSA) is 98.3 Å². The molecule has 1 aliphatic heterocycles. The highest BCUT2D eigenvalue weighted by Crippen LogP contribution is 2.24. The Hall–Kier alpha value is -4.08. The second kappa shape index (κ2) is 10.2. The molecule has 7 nitrogen and oxygen atoms in total. The van der Waals surface area contributed by atoms with E-state index in [1.807, 2.05) is 38.4 Å². The van der Waals surface area contributed by atoms with Gasteiger partial charge in [0.2, 0.25) is 0 Å². The number of carbonyl (C=O) groups is 2. The number of nitrogens with one attached hydrogen (secondary N) is 2. The number of carboxylic acids is 1. The van der Waals surface area contributed by atoms with Crippen molar-refractivity contribution >= 4 is 29.7 Å². The van der Waals surface area contributed by atoms with Crippen molar-refractivity contribution in [2.24, 2.45) is 0 Å². The molecule has 178 valence electrons. The number of benzene rings is 1. The summed E-state index contributed by atoms with van der Waals surface area (Å²) in [6.07, 6.45) is 1.61. The minimum Gasteiger partial charge on any atom is -0.475 e. The number of nitrogens with zero attached hydrogens (tertiary/aromatic N) is 2. The van der Waals surface area contributed by atoms with Gasteiger partial charge in [0.15, 0.2) is 0 Å². The van der Waals surface area contributed by atoms with E-state index in [4.69, 9.17) is 9.90 Å². The number of aromatic nitrogens is 2. The van der Waals surface area contributed by atoms with Crippen LogP contribution in [0.3, 0.4) is 0 Å². The van der Waals surface area contributed by atoms with Crippen LogP contribution in [0.4, 0.5) is 18.9 Å². The molecule has 1 aromatic carbocycles. The third kappa shape index (κ3) is 6.25. The fraction of sp³-hybridized carbons (Fsp3) is 0.208. The minimum atomic E-state index is -5.08. The quantitative estimate of drug-likeness (QED) is 0.528. The fourth-order valence-corrected chi connectivity index (χ4v) is 3.22. The summed E-state index contributed by atoms with van der Waals surface area (Å²) in [5.41, 5.74) is 6.89. The number of alkyl halides is 3. The molecule has 34 heavy (non-hydrogen) atoms. The second-order valence-corrected chi connectivity index (χ2v) is 7.67. The monoisotopic (exact) mass is 472 g/mol. The molecule has 3 aromatic rings. The molecule has 1 aliphatic rings. The molecular formula is C24H23F3N4O3. The number of hydrogen-bond acceptors (Lipinski definition) is 4. The number of rotatable bonds is 4. The summed E-state index contributed by atoms with van der Waals surface area (Å²) in [7, 11) is 4.06. The molecule has 0 unspecified atom stereocenters. The number of H-pyrrole nitrogens is 1. The largest absolute Gasteiger partial charge is 0.490 e. The molecular weight excluding hydrogens is 449 g/mol. The van der Waals surface area contributed by atoms with Crippen LogP contribution in [-0.4, -0.2) is 53.8 Å². The summed E-state index contributed by atoms with van der Waals surface area (Å²) >= 11 is 0. The summed E-state index contributed by atoms with van der Waals surface area (Å²) < 4.78 is 31.7. The van der Waals surface area contributed by atoms with Crippen LogP contribution in [0.2, 0.25) is 0 Å². The molecule has 0 spiro atoms. The van der Waals surface area contributed by atoms with Gasteiger partial charge >= 0.3 is 12.1 Å². The van der Waals surface area contributed by atoms with Crippen molar-refractivity contribution in [2.75, 3.05) is 25.5 Å². The number of halogens is 3. The summed E-state index contributed by atoms with van der Waals surface area (Å²) in [4.78, 5) is 30.8. The first kappa shape index (κ1) is 24.6. The van der Waals surface area contributed by atoms with E-state index in [1.165, 1.54) is 5.69 Å². The Balaban J connectivity index is 0.000000406. The van der Waals surface area contributed by atoms with Crippen LogP contribution in [0, 0.1) is 0 Å². The van der Waals surface area contributed by atoms with Crippen molar-refractivity contribution in [1.82, 2.24) is 15.3 Å². The smallest absolute Gasteiger partial charge is 0.475 e. The van der Waals surface area contributed by atoms with Crippen molar-refractivity contribution in [3.63, 3.8) is 0 Å². The third-order valence-corrected chi connectivity index (χ3v) is 5.00. The number of anilines is 1. The van der Waals surface area contributed by atoms with E-state index < -0.39 is 12.1 Å². The van der Waals surface area contributed by atoms with Crippen molar-refractivity contribution in [3.05, 3.63) is 71.2 Å². The van der Waals surface area contributed by atoms with Crippen LogP contribution in [0.5, 0.6) is 0 Å². The number of fused-ring (bicyclic) bond motifs is 1. The van der Waals surface area contributed by atoms with Gasteiger partial charge in [-0.2, -0.15) is 13.2 Å². The SMILES string of the molecule is CN(C)c1ccc(/C=C/c2cc(-c3cc4c([nH]3)CCNC4=O)ccn2)cc1.O=C(O)C(F)(F)F. The van der Waals surface area contributed by atoms with Crippen LogP contribution in [0.25, 0.3) is 23.4 Å². The molecule has 0 bridgehead atoms. The third-order valence-electron chi connectivity index (χ3n) is 5.00. The Morgan fingerprint density at radius 1 is 1.12 bits per heavy atom. The Bertz CT molecular complexity index is 1200. The van der Waals surface area contributed by atoms with Gasteiger partial charge in [0.1, 0.15) is 0 Å². The Morgan fingerprint density at radius 3 is 2.38 bits per heavy atom. The molecule has 10 heteroatoms. The van der Waals surface area contributed by atoms with Crippen molar-refractivity contribution in [1.29, 1.82) is 0 Å². The molecule has 0 saturated heterocycles. The first-order valence-corrected chi connectivity index (χ1v) is 10.3. The molecule has 0 saturated carbocycles. The lowest BCUT2D eigenvalue weighted by molar-refractivity contribution is -0.192. The van der Waals surface area contributed by atoms with Gasteiger partial charge in [0, 0.05) is 55.9 Å². The van der Waals surface area contributed by atoms with Crippen LogP contribution >= 0.6 is 0 Å². The summed E-state index contributed by atoms with van der Waals surface area (Å²) in [6.45, 7) is 0.683. The minimum absolute atomic E-state index is 0.00547. The standard InChI is InChI=1S/C22H22N4O.C2HF3O2/c1-26(2)18-7-4-15(5-8-18)3-6-17-13-16(9-11-23-17)21-14-19-20(25-21)10-12-24-22(19)27;3-2(4,5)1(6)7/h3-9,11,13-14,25H,10,12H2,1-2H3,(H,24,27);(H,6,7)/b6-3+;. The average Bonchev–Trinajstić information content (AvgIpc) is 3.24. The van der Waals surface area contributed by atoms with E-state index in [2.05, 4.69) is 50.5 Å². The highest BCUT2D eigenvalue weighted by molar-refractivity contribution is 5.97. The van der Waals surface area contributed by atoms with Crippen LogP contribution in [-0.2, 0) is 11.2 Å². The number of carboxylic acid groups (broad SMARTS) is 1. The van der Waals surface area contributed by atoms with E-state index in [0.717, 1.165) is 40.2 Å². The van der Waals surface area contributed by atoms with Gasteiger partial charge in [0.05, 0.1) is 11.3 Å². The number of amides is 1. The van der Waals surface area contributed by atoms with Gasteiger partial charge in [-0.15, -0.1) is 0 Å². The summed E-state index contributed by atoms with van der Waals surface area (Å²) in [5.74, 6) is -2.76. The van der Waals surface area contributed by atoms with Crippen LogP contribution in [0.1, 0.15) is 27.3 Å². The van der Waals surface area contributed by atoms with Crippen LogP contribution in [0.15, 0.2) is 48.7 Å². The van der Waals surface area contributed by atoms with Gasteiger partial charge < -0.3 is 20.3 Å². The molecule has 2 aromatic heterocycles. The number of aromatic amines is 1. The Morgan fingerprint density at radius 2 is 1.79 bits per heavy atom. The lowest BCUT2D eigenvalue weighted by Crippen LogP contribution is -2.31. The number of hydrogen-bond donors (Lipinski definition) is 3. The molecule has 4 rings (SSSR count). The first-order valence-electron chi connectivity index (χ1n) is 10.3. The number of pyridine rings is 1. The second-order valence-electron chi connectivity index (χ2n) is 7.67. The predicted molar refractivity (Wildman–Crippen MR) is 123 cm³/mol. The van der Waals surface area contributed by atoms with E-state index in [1.54, 1.807) is 6.20 Å². The maximum Gasteiger partial charge on any atom is 0.490 e. The highest BCUT2D eigenvalue weighted by atomic mass is 19.4. The molecule has 0 fully saturated rings. The van der Waals surface area contributed by atoms with Gasteiger partial charge in [-0.1, -0.05) is 18.2 Å². The predicted octanol–water partition coefficient (Wildman–Crippen LogP) is 4.23. The van der Waals surface area contributed by atoms with Crippen molar-refractivity contribution < 1.29 is 27.9 Å². The maximum atomic E-state index is 12.0. The van der Waals surface area contributed by atoms with E-state index in [-0.39, 0.29) is 5.91 Å². The lowest BCUT2D eigenvalue weighted by Gasteiger charge is -2.11. The number of carbonyl (C=O) groups excluding carboxylic acids is 1. The van der Waals surface area contributed by atoms with Gasteiger partial charge in [-0.25, -0.2) is 4.79 Å². The molecule has 0 atom stereocenters. The molecule has 1 amide bonds. The Kier molecular flexibility index (Phi) is 7.40. The first-order chi connectivity index (χ1) is 16.0. The molecule has 3 heterocycles.